The molecule has 4 aromatic rings. The first kappa shape index (κ1) is 32.4. The third-order valence-electron chi connectivity index (χ3n) is 8.53. The minimum Gasteiger partial charge on any atom is -0.494 e. The number of aliphatic imine (C=N–C) groups is 1. The van der Waals surface area contributed by atoms with Gasteiger partial charge >= 0.3 is 0 Å². The number of nitrogens with zero attached hydrogens (tertiary/aromatic N) is 2. The fraction of sp³-hybridized carbons (Fsp3) is 0.316. The molecule has 0 unspecified atom stereocenters. The van der Waals surface area contributed by atoms with E-state index in [0.717, 1.165) is 60.7 Å². The number of carbonyl (C=O) groups excluding carboxylic acids is 1. The Balaban J connectivity index is 1.32. The molecule has 6 rings (SSSR count). The van der Waals surface area contributed by atoms with Crippen LogP contribution >= 0.6 is 0 Å². The number of nitrogens with one attached hydrogen (secondary N) is 2. The number of hydrogen-bond donors (Lipinski definition) is 3. The molecule has 47 heavy (non-hydrogen) atoms. The maximum absolute atomic E-state index is 14.4. The van der Waals surface area contributed by atoms with E-state index in [0.29, 0.717) is 37.6 Å². The van der Waals surface area contributed by atoms with Crippen LogP contribution in [0.5, 0.6) is 5.75 Å². The van der Waals surface area contributed by atoms with Gasteiger partial charge < -0.3 is 19.3 Å². The van der Waals surface area contributed by atoms with Crippen LogP contribution in [0.25, 0.3) is 11.1 Å². The lowest BCUT2D eigenvalue weighted by atomic mass is 9.82. The molecule has 1 amide bonds. The van der Waals surface area contributed by atoms with Crippen LogP contribution < -0.4 is 15.6 Å². The van der Waals surface area contributed by atoms with Crippen molar-refractivity contribution < 1.29 is 24.1 Å². The van der Waals surface area contributed by atoms with Gasteiger partial charge in [0.1, 0.15) is 5.75 Å². The van der Waals surface area contributed by atoms with Crippen molar-refractivity contribution in [2.75, 3.05) is 52.6 Å². The minimum absolute atomic E-state index is 0.0735. The highest BCUT2D eigenvalue weighted by atomic mass is 16.5. The second-order valence-electron chi connectivity index (χ2n) is 11.8. The Morgan fingerprint density at radius 1 is 0.872 bits per heavy atom. The number of carbonyl (C=O) groups is 1. The Bertz CT molecular complexity index is 1590. The lowest BCUT2D eigenvalue weighted by Gasteiger charge is -2.31. The molecule has 2 aliphatic heterocycles. The molecule has 0 aliphatic carbocycles. The van der Waals surface area contributed by atoms with Crippen molar-refractivity contribution >= 4 is 11.8 Å². The van der Waals surface area contributed by atoms with Gasteiger partial charge in [-0.25, -0.2) is 10.4 Å². The Labute approximate surface area is 276 Å². The van der Waals surface area contributed by atoms with E-state index in [1.54, 1.807) is 0 Å². The van der Waals surface area contributed by atoms with E-state index >= 15 is 0 Å². The Kier molecular flexibility index (Phi) is 10.9. The van der Waals surface area contributed by atoms with Crippen LogP contribution in [0, 0.1) is 0 Å². The Hall–Kier alpha value is -4.54. The third kappa shape index (κ3) is 8.07. The highest BCUT2D eigenvalue weighted by molar-refractivity contribution is 6.01. The first-order valence-electron chi connectivity index (χ1n) is 16.3. The van der Waals surface area contributed by atoms with Gasteiger partial charge in [0.2, 0.25) is 5.90 Å². The molecular formula is C38H42N4O5. The average Bonchev–Trinajstić information content (AvgIpc) is 3.52. The van der Waals surface area contributed by atoms with Crippen molar-refractivity contribution in [3.63, 3.8) is 0 Å². The molecule has 4 aromatic carbocycles. The van der Waals surface area contributed by atoms with Gasteiger partial charge in [0.25, 0.3) is 5.91 Å². The van der Waals surface area contributed by atoms with Gasteiger partial charge in [0.15, 0.2) is 11.6 Å². The molecule has 1 fully saturated rings. The summed E-state index contributed by atoms with van der Waals surface area (Å²) in [5.41, 5.74) is 9.63. The van der Waals surface area contributed by atoms with Crippen LogP contribution in [-0.4, -0.2) is 80.0 Å². The third-order valence-corrected chi connectivity index (χ3v) is 8.53. The summed E-state index contributed by atoms with van der Waals surface area (Å²) in [5, 5.41) is 9.10. The average molecular weight is 635 g/mol. The zero-order chi connectivity index (χ0) is 32.3. The van der Waals surface area contributed by atoms with Crippen molar-refractivity contribution in [1.29, 1.82) is 0 Å². The van der Waals surface area contributed by atoms with E-state index in [4.69, 9.17) is 24.3 Å². The van der Waals surface area contributed by atoms with Crippen LogP contribution in [0.15, 0.2) is 114 Å². The molecule has 1 saturated heterocycles. The molecule has 2 atom stereocenters. The zero-order valence-corrected chi connectivity index (χ0v) is 26.5. The summed E-state index contributed by atoms with van der Waals surface area (Å²) < 4.78 is 17.9. The molecule has 0 saturated carbocycles. The van der Waals surface area contributed by atoms with E-state index < -0.39 is 11.6 Å². The van der Waals surface area contributed by atoms with E-state index in [-0.39, 0.29) is 12.5 Å². The van der Waals surface area contributed by atoms with Crippen LogP contribution in [-0.2, 0) is 20.7 Å². The summed E-state index contributed by atoms with van der Waals surface area (Å²) in [7, 11) is 0. The number of aliphatic hydroxyl groups excluding tert-OH is 1. The smallest absolute Gasteiger partial charge is 0.266 e. The summed E-state index contributed by atoms with van der Waals surface area (Å²) >= 11 is 0. The monoisotopic (exact) mass is 634 g/mol. The summed E-state index contributed by atoms with van der Waals surface area (Å²) in [6.07, 6.45) is 0.200. The number of hydrogen-bond acceptors (Lipinski definition) is 8. The largest absolute Gasteiger partial charge is 0.494 e. The number of morpholine rings is 1. The van der Waals surface area contributed by atoms with Crippen LogP contribution in [0.4, 0.5) is 0 Å². The first-order valence-corrected chi connectivity index (χ1v) is 16.3. The van der Waals surface area contributed by atoms with Crippen molar-refractivity contribution in [1.82, 2.24) is 15.8 Å². The van der Waals surface area contributed by atoms with Gasteiger partial charge in [-0.05, 0) is 46.5 Å². The number of ether oxygens (including phenoxy) is 3. The Morgan fingerprint density at radius 2 is 1.53 bits per heavy atom. The van der Waals surface area contributed by atoms with E-state index in [1.165, 1.54) is 0 Å². The number of rotatable bonds is 14. The van der Waals surface area contributed by atoms with Crippen molar-refractivity contribution in [3.8, 4) is 16.9 Å². The molecule has 2 heterocycles. The van der Waals surface area contributed by atoms with Crippen LogP contribution in [0.1, 0.15) is 29.2 Å². The standard InChI is InChI=1S/C38H42N4O5/c43-24-7-25-46-34-18-16-33(17-19-34)36-40-38(28-29-8-3-1-4-9-29,37(44)41-39-20-21-42-22-26-45-27-23-42)35(47-36)32-14-12-31(13-15-32)30-10-5-2-6-11-30/h1-6,8-19,35,39,43H,7,20-28H2,(H,41,44)/t35-,38-/m0/s1. The molecule has 0 radical (unpaired) electrons. The molecule has 2 aliphatic rings. The number of benzene rings is 4. The number of hydrazine groups is 1. The minimum atomic E-state index is -1.30. The van der Waals surface area contributed by atoms with Crippen molar-refractivity contribution in [3.05, 3.63) is 126 Å². The van der Waals surface area contributed by atoms with Crippen molar-refractivity contribution in [2.24, 2.45) is 4.99 Å². The fourth-order valence-electron chi connectivity index (χ4n) is 5.96. The molecule has 244 valence electrons. The number of aliphatic hydroxyl groups is 1. The van der Waals surface area contributed by atoms with Gasteiger partial charge in [0, 0.05) is 51.2 Å². The number of amides is 1. The predicted octanol–water partition coefficient (Wildman–Crippen LogP) is 4.57. The molecule has 0 bridgehead atoms. The van der Waals surface area contributed by atoms with Gasteiger partial charge in [-0.2, -0.15) is 0 Å². The maximum Gasteiger partial charge on any atom is 0.266 e. The van der Waals surface area contributed by atoms with Gasteiger partial charge in [-0.3, -0.25) is 15.1 Å². The summed E-state index contributed by atoms with van der Waals surface area (Å²) in [4.78, 5) is 21.9. The van der Waals surface area contributed by atoms with Crippen LogP contribution in [0.3, 0.4) is 0 Å². The Morgan fingerprint density at radius 3 is 2.23 bits per heavy atom. The van der Waals surface area contributed by atoms with Crippen LogP contribution in [0.2, 0.25) is 0 Å². The second kappa shape index (κ2) is 15.8. The SMILES string of the molecule is O=C(NNCCN1CCOCC1)[C@@]1(Cc2ccccc2)N=C(c2ccc(OCCCO)cc2)O[C@H]1c1ccc(-c2ccccc2)cc1. The summed E-state index contributed by atoms with van der Waals surface area (Å²) in [5.74, 6) is 0.814. The van der Waals surface area contributed by atoms with Gasteiger partial charge in [-0.15, -0.1) is 0 Å². The predicted molar refractivity (Wildman–Crippen MR) is 182 cm³/mol. The molecule has 9 heteroatoms. The maximum atomic E-state index is 14.4. The zero-order valence-electron chi connectivity index (χ0n) is 26.5. The van der Waals surface area contributed by atoms with E-state index in [9.17, 15) is 4.79 Å². The fourth-order valence-corrected chi connectivity index (χ4v) is 5.96. The normalized spacial score (nSPS) is 19.5. The van der Waals surface area contributed by atoms with E-state index in [2.05, 4.69) is 40.0 Å². The summed E-state index contributed by atoms with van der Waals surface area (Å²) in [6.45, 7) is 5.07. The molecule has 0 spiro atoms. The lowest BCUT2D eigenvalue weighted by molar-refractivity contribution is -0.130. The topological polar surface area (TPSA) is 105 Å². The highest BCUT2D eigenvalue weighted by Crippen LogP contribution is 2.43. The quantitative estimate of drug-likeness (QED) is 0.138. The van der Waals surface area contributed by atoms with Gasteiger partial charge in [-0.1, -0.05) is 84.9 Å². The lowest BCUT2D eigenvalue weighted by Crippen LogP contribution is -2.55. The van der Waals surface area contributed by atoms with Crippen molar-refractivity contribution in [2.45, 2.75) is 24.5 Å². The first-order chi connectivity index (χ1) is 23.1. The highest BCUT2D eigenvalue weighted by Gasteiger charge is 2.53. The molecule has 3 N–H and O–H groups in total. The van der Waals surface area contributed by atoms with E-state index in [1.807, 2.05) is 84.9 Å². The molecular weight excluding hydrogens is 592 g/mol. The van der Waals surface area contributed by atoms with Gasteiger partial charge in [0.05, 0.1) is 19.8 Å². The molecule has 9 nitrogen and oxygen atoms in total. The summed E-state index contributed by atoms with van der Waals surface area (Å²) in [6, 6.07) is 35.8. The molecule has 0 aromatic heterocycles. The second-order valence-corrected chi connectivity index (χ2v) is 11.8.